The van der Waals surface area contributed by atoms with E-state index in [9.17, 15) is 4.79 Å². The predicted molar refractivity (Wildman–Crippen MR) is 136 cm³/mol. The van der Waals surface area contributed by atoms with Gasteiger partial charge in [0.1, 0.15) is 0 Å². The molecule has 4 aromatic heterocycles. The quantitative estimate of drug-likeness (QED) is 0.335. The SMILES string of the molecule is CO[C@@H]1CCN(CC(=O)Nc2cnc(C)c(Nc3nn(C)c4nc(Nc5cnn(C)c5)ncc34)c2)C1. The second kappa shape index (κ2) is 9.87. The molecule has 1 amide bonds. The molecule has 1 aliphatic rings. The molecule has 1 atom stereocenters. The number of aryl methyl sites for hydroxylation is 3. The Morgan fingerprint density at radius 3 is 2.78 bits per heavy atom. The molecule has 4 aromatic rings. The van der Waals surface area contributed by atoms with Crippen molar-refractivity contribution in [3.63, 3.8) is 0 Å². The summed E-state index contributed by atoms with van der Waals surface area (Å²) in [6.07, 6.45) is 8.03. The number of carbonyl (C=O) groups excluding carboxylic acids is 1. The van der Waals surface area contributed by atoms with Crippen LogP contribution >= 0.6 is 0 Å². The van der Waals surface area contributed by atoms with Crippen molar-refractivity contribution in [2.24, 2.45) is 14.1 Å². The number of nitrogens with one attached hydrogen (secondary N) is 3. The summed E-state index contributed by atoms with van der Waals surface area (Å²) < 4.78 is 8.76. The number of methoxy groups -OCH3 is 1. The van der Waals surface area contributed by atoms with E-state index in [4.69, 9.17) is 4.74 Å². The Hall–Kier alpha value is -4.10. The van der Waals surface area contributed by atoms with Gasteiger partial charge in [0.2, 0.25) is 11.9 Å². The van der Waals surface area contributed by atoms with Gasteiger partial charge in [-0.1, -0.05) is 0 Å². The molecule has 13 heteroatoms. The Kier molecular flexibility index (Phi) is 6.48. The molecule has 0 aliphatic carbocycles. The maximum absolute atomic E-state index is 12.6. The van der Waals surface area contributed by atoms with Crippen molar-refractivity contribution in [2.45, 2.75) is 19.4 Å². The number of ether oxygens (including phenoxy) is 1. The van der Waals surface area contributed by atoms with Gasteiger partial charge in [0, 0.05) is 46.7 Å². The molecule has 0 spiro atoms. The van der Waals surface area contributed by atoms with E-state index in [-0.39, 0.29) is 12.0 Å². The normalized spacial score (nSPS) is 15.9. The second-order valence-electron chi connectivity index (χ2n) is 8.84. The molecular weight excluding hydrogens is 462 g/mol. The fourth-order valence-corrected chi connectivity index (χ4v) is 4.20. The topological polar surface area (TPSA) is 140 Å². The van der Waals surface area contributed by atoms with Gasteiger partial charge in [-0.25, -0.2) is 9.67 Å². The van der Waals surface area contributed by atoms with Gasteiger partial charge in [0.05, 0.1) is 53.2 Å². The van der Waals surface area contributed by atoms with E-state index < -0.39 is 0 Å². The van der Waals surface area contributed by atoms with E-state index in [1.165, 1.54) is 0 Å². The van der Waals surface area contributed by atoms with Crippen LogP contribution in [-0.4, -0.2) is 78.2 Å². The minimum absolute atomic E-state index is 0.0892. The average molecular weight is 492 g/mol. The van der Waals surface area contributed by atoms with Crippen molar-refractivity contribution in [3.8, 4) is 0 Å². The van der Waals surface area contributed by atoms with Gasteiger partial charge in [-0.15, -0.1) is 0 Å². The maximum atomic E-state index is 12.6. The standard InChI is InChI=1S/C23H29N11O2/c1-14-19(7-15(8-24-14)27-20(35)13-34-6-5-17(12-34)36-4)29-21-18-10-25-23(30-22(18)33(3)31-21)28-16-9-26-32(2)11-16/h7-11,17H,5-6,12-13H2,1-4H3,(H,27,35)(H,29,31)(H,25,28,30)/t17-/m1/s1. The zero-order chi connectivity index (χ0) is 25.2. The van der Waals surface area contributed by atoms with Crippen LogP contribution in [0.4, 0.5) is 28.8 Å². The number of likely N-dealkylation sites (tertiary alicyclic amines) is 1. The highest BCUT2D eigenvalue weighted by molar-refractivity contribution is 5.93. The average Bonchev–Trinajstić information content (AvgIpc) is 3.55. The first-order valence-corrected chi connectivity index (χ1v) is 11.6. The molecule has 1 aliphatic heterocycles. The lowest BCUT2D eigenvalue weighted by Gasteiger charge is -2.15. The zero-order valence-electron chi connectivity index (χ0n) is 20.7. The summed E-state index contributed by atoms with van der Waals surface area (Å²) in [6.45, 7) is 3.81. The summed E-state index contributed by atoms with van der Waals surface area (Å²) in [5.74, 6) is 0.951. The van der Waals surface area contributed by atoms with Crippen LogP contribution in [0, 0.1) is 6.92 Å². The van der Waals surface area contributed by atoms with Crippen molar-refractivity contribution < 1.29 is 9.53 Å². The van der Waals surface area contributed by atoms with Crippen LogP contribution in [0.5, 0.6) is 0 Å². The molecule has 5 heterocycles. The van der Waals surface area contributed by atoms with Crippen molar-refractivity contribution in [3.05, 3.63) is 36.5 Å². The monoisotopic (exact) mass is 491 g/mol. The first-order chi connectivity index (χ1) is 17.4. The first-order valence-electron chi connectivity index (χ1n) is 11.6. The third kappa shape index (κ3) is 5.11. The lowest BCUT2D eigenvalue weighted by molar-refractivity contribution is -0.117. The highest BCUT2D eigenvalue weighted by Crippen LogP contribution is 2.27. The zero-order valence-corrected chi connectivity index (χ0v) is 20.7. The van der Waals surface area contributed by atoms with E-state index in [1.807, 2.05) is 33.3 Å². The van der Waals surface area contributed by atoms with E-state index in [1.54, 1.807) is 35.1 Å². The summed E-state index contributed by atoms with van der Waals surface area (Å²) in [7, 11) is 5.37. The third-order valence-corrected chi connectivity index (χ3v) is 6.09. The van der Waals surface area contributed by atoms with Gasteiger partial charge in [0.25, 0.3) is 0 Å². The molecule has 0 saturated carbocycles. The molecule has 1 saturated heterocycles. The van der Waals surface area contributed by atoms with E-state index in [0.29, 0.717) is 29.6 Å². The van der Waals surface area contributed by atoms with Crippen molar-refractivity contribution in [1.82, 2.24) is 39.4 Å². The molecule has 188 valence electrons. The van der Waals surface area contributed by atoms with Crippen LogP contribution < -0.4 is 16.0 Å². The summed E-state index contributed by atoms with van der Waals surface area (Å²) >= 11 is 0. The van der Waals surface area contributed by atoms with Crippen LogP contribution in [0.15, 0.2) is 30.9 Å². The summed E-state index contributed by atoms with van der Waals surface area (Å²) in [4.78, 5) is 28.1. The van der Waals surface area contributed by atoms with Crippen LogP contribution in [-0.2, 0) is 23.6 Å². The molecular formula is C23H29N11O2. The number of anilines is 5. The van der Waals surface area contributed by atoms with Crippen LogP contribution in [0.3, 0.4) is 0 Å². The fraction of sp³-hybridized carbons (Fsp3) is 0.391. The second-order valence-corrected chi connectivity index (χ2v) is 8.84. The number of aromatic nitrogens is 7. The lowest BCUT2D eigenvalue weighted by atomic mass is 10.2. The smallest absolute Gasteiger partial charge is 0.238 e. The van der Waals surface area contributed by atoms with E-state index in [0.717, 1.165) is 42.0 Å². The number of amides is 1. The van der Waals surface area contributed by atoms with Crippen molar-refractivity contribution >= 4 is 45.8 Å². The molecule has 36 heavy (non-hydrogen) atoms. The number of hydrogen-bond acceptors (Lipinski definition) is 10. The number of fused-ring (bicyclic) bond motifs is 1. The Balaban J connectivity index is 1.30. The fourth-order valence-electron chi connectivity index (χ4n) is 4.20. The molecule has 0 unspecified atom stereocenters. The number of carbonyl (C=O) groups is 1. The Labute approximate surface area is 207 Å². The molecule has 3 N–H and O–H groups in total. The van der Waals surface area contributed by atoms with Gasteiger partial charge < -0.3 is 20.7 Å². The van der Waals surface area contributed by atoms with Gasteiger partial charge in [0.15, 0.2) is 11.5 Å². The van der Waals surface area contributed by atoms with Crippen LogP contribution in [0.25, 0.3) is 11.0 Å². The van der Waals surface area contributed by atoms with Gasteiger partial charge >= 0.3 is 0 Å². The number of pyridine rings is 1. The number of hydrogen-bond donors (Lipinski definition) is 3. The van der Waals surface area contributed by atoms with E-state index >= 15 is 0 Å². The highest BCUT2D eigenvalue weighted by Gasteiger charge is 2.23. The Bertz CT molecular complexity index is 1400. The van der Waals surface area contributed by atoms with Crippen LogP contribution in [0.1, 0.15) is 12.1 Å². The van der Waals surface area contributed by atoms with Crippen molar-refractivity contribution in [2.75, 3.05) is 42.7 Å². The summed E-state index contributed by atoms with van der Waals surface area (Å²) in [6, 6.07) is 1.85. The summed E-state index contributed by atoms with van der Waals surface area (Å²) in [5, 5.41) is 18.9. The largest absolute Gasteiger partial charge is 0.380 e. The van der Waals surface area contributed by atoms with Gasteiger partial charge in [-0.05, 0) is 19.4 Å². The van der Waals surface area contributed by atoms with E-state index in [2.05, 4.69) is 46.0 Å². The lowest BCUT2D eigenvalue weighted by Crippen LogP contribution is -2.32. The molecule has 1 fully saturated rings. The molecule has 0 radical (unpaired) electrons. The first kappa shape index (κ1) is 23.6. The Morgan fingerprint density at radius 2 is 2.03 bits per heavy atom. The minimum atomic E-state index is -0.0892. The number of nitrogens with zero attached hydrogens (tertiary/aromatic N) is 8. The minimum Gasteiger partial charge on any atom is -0.380 e. The highest BCUT2D eigenvalue weighted by atomic mass is 16.5. The van der Waals surface area contributed by atoms with Crippen molar-refractivity contribution in [1.29, 1.82) is 0 Å². The molecule has 0 aromatic carbocycles. The number of rotatable bonds is 8. The predicted octanol–water partition coefficient (Wildman–Crippen LogP) is 1.95. The summed E-state index contributed by atoms with van der Waals surface area (Å²) in [5.41, 5.74) is 3.56. The van der Waals surface area contributed by atoms with Gasteiger partial charge in [-0.2, -0.15) is 15.2 Å². The molecule has 0 bridgehead atoms. The molecule has 13 nitrogen and oxygen atoms in total. The molecule has 5 rings (SSSR count). The Morgan fingerprint density at radius 1 is 1.17 bits per heavy atom. The maximum Gasteiger partial charge on any atom is 0.238 e. The van der Waals surface area contributed by atoms with Crippen LogP contribution in [0.2, 0.25) is 0 Å². The van der Waals surface area contributed by atoms with Gasteiger partial charge in [-0.3, -0.25) is 19.4 Å². The third-order valence-electron chi connectivity index (χ3n) is 6.09.